The van der Waals surface area contributed by atoms with Crippen LogP contribution in [0.3, 0.4) is 0 Å². The lowest BCUT2D eigenvalue weighted by Crippen LogP contribution is -2.37. The van der Waals surface area contributed by atoms with Crippen LogP contribution in [0.2, 0.25) is 0 Å². The van der Waals surface area contributed by atoms with E-state index in [0.29, 0.717) is 6.54 Å². The molecule has 24 heavy (non-hydrogen) atoms. The van der Waals surface area contributed by atoms with E-state index in [1.165, 1.54) is 17.5 Å². The molecule has 3 heteroatoms. The van der Waals surface area contributed by atoms with Crippen molar-refractivity contribution in [1.82, 2.24) is 4.90 Å². The maximum absolute atomic E-state index is 12.6. The Bertz CT molecular complexity index is 687. The number of carbonyl (C=O) groups is 1. The molecule has 1 aliphatic rings. The topological polar surface area (TPSA) is 29.5 Å². The average molecular weight is 323 g/mol. The van der Waals surface area contributed by atoms with Crippen molar-refractivity contribution in [2.75, 3.05) is 20.2 Å². The molecular weight excluding hydrogens is 298 g/mol. The smallest absolute Gasteiger partial charge is 0.253 e. The van der Waals surface area contributed by atoms with Crippen molar-refractivity contribution < 1.29 is 9.53 Å². The van der Waals surface area contributed by atoms with Crippen molar-refractivity contribution in [2.45, 2.75) is 32.3 Å². The molecule has 0 aromatic heterocycles. The predicted octanol–water partition coefficient (Wildman–Crippen LogP) is 4.30. The fraction of sp³-hybridized carbons (Fsp3) is 0.381. The zero-order valence-corrected chi connectivity index (χ0v) is 14.5. The van der Waals surface area contributed by atoms with Gasteiger partial charge in [-0.3, -0.25) is 4.79 Å². The largest absolute Gasteiger partial charge is 0.376 e. The molecule has 0 N–H and O–H groups in total. The Morgan fingerprint density at radius 1 is 1.12 bits per heavy atom. The third kappa shape index (κ3) is 3.85. The Balaban J connectivity index is 1.68. The summed E-state index contributed by atoms with van der Waals surface area (Å²) >= 11 is 0. The molecule has 3 nitrogen and oxygen atoms in total. The Kier molecular flexibility index (Phi) is 5.31. The molecule has 1 saturated heterocycles. The Morgan fingerprint density at radius 3 is 2.54 bits per heavy atom. The highest BCUT2D eigenvalue weighted by Crippen LogP contribution is 2.23. The molecule has 1 fully saturated rings. The standard InChI is InChI=1S/C21H25NO2/c1-16-7-3-4-9-20(16)17-10-12-18(13-11-17)21(23)22(2)15-19-8-5-6-14-24-19/h3-4,7,9-13,19H,5-6,8,14-15H2,1-2H3/t19-/m1/s1. The first-order valence-corrected chi connectivity index (χ1v) is 8.68. The van der Waals surface area contributed by atoms with Crippen molar-refractivity contribution in [2.24, 2.45) is 0 Å². The van der Waals surface area contributed by atoms with Crippen LogP contribution in [0, 0.1) is 6.92 Å². The second-order valence-electron chi connectivity index (χ2n) is 6.57. The van der Waals surface area contributed by atoms with Crippen LogP contribution in [-0.4, -0.2) is 37.1 Å². The minimum Gasteiger partial charge on any atom is -0.376 e. The first-order valence-electron chi connectivity index (χ1n) is 8.68. The lowest BCUT2D eigenvalue weighted by molar-refractivity contribution is -0.000186. The van der Waals surface area contributed by atoms with Crippen LogP contribution in [0.1, 0.15) is 35.2 Å². The zero-order chi connectivity index (χ0) is 16.9. The molecule has 126 valence electrons. The Hall–Kier alpha value is -2.13. The summed E-state index contributed by atoms with van der Waals surface area (Å²) in [6, 6.07) is 16.2. The van der Waals surface area contributed by atoms with Crippen molar-refractivity contribution in [3.05, 3.63) is 59.7 Å². The summed E-state index contributed by atoms with van der Waals surface area (Å²) in [5.74, 6) is 0.0560. The van der Waals surface area contributed by atoms with Crippen molar-refractivity contribution in [3.8, 4) is 11.1 Å². The monoisotopic (exact) mass is 323 g/mol. The normalized spacial score (nSPS) is 17.5. The van der Waals surface area contributed by atoms with Crippen LogP contribution in [0.15, 0.2) is 48.5 Å². The molecule has 1 amide bonds. The van der Waals surface area contributed by atoms with Gasteiger partial charge in [0.15, 0.2) is 0 Å². The summed E-state index contributed by atoms with van der Waals surface area (Å²) in [4.78, 5) is 14.4. The van der Waals surface area contributed by atoms with E-state index < -0.39 is 0 Å². The van der Waals surface area contributed by atoms with E-state index in [0.717, 1.165) is 30.6 Å². The Morgan fingerprint density at radius 2 is 1.88 bits per heavy atom. The second kappa shape index (κ2) is 7.63. The number of carbonyl (C=O) groups excluding carboxylic acids is 1. The van der Waals surface area contributed by atoms with E-state index in [2.05, 4.69) is 19.1 Å². The summed E-state index contributed by atoms with van der Waals surface area (Å²) < 4.78 is 5.73. The van der Waals surface area contributed by atoms with Crippen LogP contribution in [0.5, 0.6) is 0 Å². The molecule has 2 aromatic rings. The van der Waals surface area contributed by atoms with Gasteiger partial charge in [0.1, 0.15) is 0 Å². The lowest BCUT2D eigenvalue weighted by Gasteiger charge is -2.27. The van der Waals surface area contributed by atoms with Gasteiger partial charge in [-0.25, -0.2) is 0 Å². The third-order valence-electron chi connectivity index (χ3n) is 4.69. The maximum Gasteiger partial charge on any atom is 0.253 e. The molecule has 1 heterocycles. The Labute approximate surface area is 144 Å². The number of hydrogen-bond donors (Lipinski definition) is 0. The third-order valence-corrected chi connectivity index (χ3v) is 4.69. The van der Waals surface area contributed by atoms with E-state index in [1.54, 1.807) is 4.90 Å². The lowest BCUT2D eigenvalue weighted by atomic mass is 9.99. The fourth-order valence-corrected chi connectivity index (χ4v) is 3.25. The van der Waals surface area contributed by atoms with Crippen LogP contribution in [0.25, 0.3) is 11.1 Å². The van der Waals surface area contributed by atoms with Gasteiger partial charge in [-0.2, -0.15) is 0 Å². The van der Waals surface area contributed by atoms with Gasteiger partial charge >= 0.3 is 0 Å². The van der Waals surface area contributed by atoms with Gasteiger partial charge in [-0.15, -0.1) is 0 Å². The summed E-state index contributed by atoms with van der Waals surface area (Å²) in [6.45, 7) is 3.59. The van der Waals surface area contributed by atoms with Gasteiger partial charge in [0, 0.05) is 25.8 Å². The number of hydrogen-bond acceptors (Lipinski definition) is 2. The minimum absolute atomic E-state index is 0.0560. The minimum atomic E-state index is 0.0560. The number of rotatable bonds is 4. The van der Waals surface area contributed by atoms with Gasteiger partial charge in [0.25, 0.3) is 5.91 Å². The van der Waals surface area contributed by atoms with Crippen LogP contribution < -0.4 is 0 Å². The molecule has 0 saturated carbocycles. The van der Waals surface area contributed by atoms with Gasteiger partial charge < -0.3 is 9.64 Å². The molecule has 0 spiro atoms. The average Bonchev–Trinajstić information content (AvgIpc) is 2.62. The molecule has 1 aliphatic heterocycles. The molecule has 0 radical (unpaired) electrons. The molecule has 0 bridgehead atoms. The second-order valence-corrected chi connectivity index (χ2v) is 6.57. The molecule has 0 unspecified atom stereocenters. The molecule has 2 aromatic carbocycles. The van der Waals surface area contributed by atoms with E-state index >= 15 is 0 Å². The zero-order valence-electron chi connectivity index (χ0n) is 14.5. The molecule has 3 rings (SSSR count). The number of amides is 1. The highest BCUT2D eigenvalue weighted by atomic mass is 16.5. The predicted molar refractivity (Wildman–Crippen MR) is 97.2 cm³/mol. The van der Waals surface area contributed by atoms with E-state index in [4.69, 9.17) is 4.74 Å². The van der Waals surface area contributed by atoms with E-state index in [9.17, 15) is 4.79 Å². The highest BCUT2D eigenvalue weighted by molar-refractivity contribution is 5.94. The first kappa shape index (κ1) is 16.7. The first-order chi connectivity index (χ1) is 11.6. The van der Waals surface area contributed by atoms with Crippen LogP contribution >= 0.6 is 0 Å². The number of ether oxygens (including phenoxy) is 1. The van der Waals surface area contributed by atoms with Gasteiger partial charge in [-0.05, 0) is 55.0 Å². The van der Waals surface area contributed by atoms with Gasteiger partial charge in [-0.1, -0.05) is 36.4 Å². The number of benzene rings is 2. The van der Waals surface area contributed by atoms with Gasteiger partial charge in [0.2, 0.25) is 0 Å². The fourth-order valence-electron chi connectivity index (χ4n) is 3.25. The van der Waals surface area contributed by atoms with E-state index in [1.807, 2.05) is 43.4 Å². The quantitative estimate of drug-likeness (QED) is 0.839. The van der Waals surface area contributed by atoms with Crippen molar-refractivity contribution in [1.29, 1.82) is 0 Å². The van der Waals surface area contributed by atoms with Crippen LogP contribution in [0.4, 0.5) is 0 Å². The molecular formula is C21H25NO2. The molecule has 1 atom stereocenters. The van der Waals surface area contributed by atoms with Crippen molar-refractivity contribution >= 4 is 5.91 Å². The molecule has 0 aliphatic carbocycles. The van der Waals surface area contributed by atoms with Crippen molar-refractivity contribution in [3.63, 3.8) is 0 Å². The number of likely N-dealkylation sites (N-methyl/N-ethyl adjacent to an activating group) is 1. The summed E-state index contributed by atoms with van der Waals surface area (Å²) in [5.41, 5.74) is 4.32. The van der Waals surface area contributed by atoms with Gasteiger partial charge in [0.05, 0.1) is 6.10 Å². The summed E-state index contributed by atoms with van der Waals surface area (Å²) in [6.07, 6.45) is 3.55. The van der Waals surface area contributed by atoms with Crippen LogP contribution in [-0.2, 0) is 4.74 Å². The summed E-state index contributed by atoms with van der Waals surface area (Å²) in [5, 5.41) is 0. The van der Waals surface area contributed by atoms with E-state index in [-0.39, 0.29) is 12.0 Å². The SMILES string of the molecule is Cc1ccccc1-c1ccc(C(=O)N(C)C[C@H]2CCCCO2)cc1. The maximum atomic E-state index is 12.6. The highest BCUT2D eigenvalue weighted by Gasteiger charge is 2.19. The summed E-state index contributed by atoms with van der Waals surface area (Å²) in [7, 11) is 1.86. The number of aryl methyl sites for hydroxylation is 1. The number of nitrogens with zero attached hydrogens (tertiary/aromatic N) is 1.